The normalized spacial score (nSPS) is 28.5. The van der Waals surface area contributed by atoms with Crippen molar-refractivity contribution in [1.29, 1.82) is 0 Å². The van der Waals surface area contributed by atoms with Gasteiger partial charge >= 0.3 is 0 Å². The van der Waals surface area contributed by atoms with E-state index in [1.807, 2.05) is 47.4 Å². The number of benzene rings is 1. The Labute approximate surface area is 162 Å². The fourth-order valence-electron chi connectivity index (χ4n) is 4.70. The van der Waals surface area contributed by atoms with Crippen molar-refractivity contribution in [3.05, 3.63) is 64.4 Å². The molecule has 1 saturated heterocycles. The Kier molecular flexibility index (Phi) is 4.84. The van der Waals surface area contributed by atoms with E-state index >= 15 is 0 Å². The third-order valence-corrected chi connectivity index (χ3v) is 6.39. The van der Waals surface area contributed by atoms with E-state index in [-0.39, 0.29) is 17.9 Å². The molecule has 4 rings (SSSR count). The Hall–Kier alpha value is -1.72. The summed E-state index contributed by atoms with van der Waals surface area (Å²) in [7, 11) is 0. The maximum Gasteiger partial charge on any atom is 0.272 e. The van der Waals surface area contributed by atoms with Crippen molar-refractivity contribution >= 4 is 21.8 Å². The average Bonchev–Trinajstić information content (AvgIpc) is 2.69. The summed E-state index contributed by atoms with van der Waals surface area (Å²) in [5.41, 5.74) is 0.590. The van der Waals surface area contributed by atoms with Gasteiger partial charge in [-0.3, -0.25) is 4.79 Å². The van der Waals surface area contributed by atoms with Crippen molar-refractivity contribution in [3.63, 3.8) is 0 Å². The summed E-state index contributed by atoms with van der Waals surface area (Å²) < 4.78 is 0.668. The van der Waals surface area contributed by atoms with Crippen LogP contribution in [0.4, 0.5) is 0 Å². The number of amides is 1. The van der Waals surface area contributed by atoms with Crippen LogP contribution in [0.15, 0.2) is 53.1 Å². The van der Waals surface area contributed by atoms with E-state index in [0.29, 0.717) is 23.3 Å². The molecule has 1 aromatic heterocycles. The van der Waals surface area contributed by atoms with E-state index in [0.717, 1.165) is 31.2 Å². The molecule has 3 atom stereocenters. The maximum absolute atomic E-state index is 13.1. The Morgan fingerprint density at radius 3 is 2.65 bits per heavy atom. The molecule has 1 saturated carbocycles. The number of carbonyl (C=O) groups is 1. The van der Waals surface area contributed by atoms with Gasteiger partial charge in [-0.05, 0) is 52.9 Å². The van der Waals surface area contributed by atoms with Gasteiger partial charge < -0.3 is 10.0 Å². The van der Waals surface area contributed by atoms with Gasteiger partial charge in [0, 0.05) is 18.5 Å². The average molecular weight is 415 g/mol. The van der Waals surface area contributed by atoms with E-state index in [9.17, 15) is 9.90 Å². The number of likely N-dealkylation sites (tertiary alicyclic amines) is 1. The number of nitrogens with zero attached hydrogens (tertiary/aromatic N) is 2. The Morgan fingerprint density at radius 1 is 1.12 bits per heavy atom. The summed E-state index contributed by atoms with van der Waals surface area (Å²) in [6, 6.07) is 15.5. The lowest BCUT2D eigenvalue weighted by atomic mass is 9.66. The van der Waals surface area contributed by atoms with E-state index in [1.54, 1.807) is 6.07 Å². The van der Waals surface area contributed by atoms with Crippen LogP contribution in [0.3, 0.4) is 0 Å². The minimum absolute atomic E-state index is 0.0293. The number of rotatable bonds is 2. The minimum Gasteiger partial charge on any atom is -0.385 e. The van der Waals surface area contributed by atoms with Gasteiger partial charge in [0.05, 0.1) is 5.60 Å². The summed E-state index contributed by atoms with van der Waals surface area (Å²) >= 11 is 3.35. The molecule has 26 heavy (non-hydrogen) atoms. The summed E-state index contributed by atoms with van der Waals surface area (Å²) in [4.78, 5) is 19.4. The highest BCUT2D eigenvalue weighted by Crippen LogP contribution is 2.47. The molecule has 136 valence electrons. The van der Waals surface area contributed by atoms with Crippen LogP contribution in [0.2, 0.25) is 0 Å². The number of piperidine rings is 1. The van der Waals surface area contributed by atoms with E-state index < -0.39 is 5.60 Å². The number of hydrogen-bond donors (Lipinski definition) is 1. The first-order valence-electron chi connectivity index (χ1n) is 9.31. The van der Waals surface area contributed by atoms with Crippen molar-refractivity contribution in [2.45, 2.75) is 43.7 Å². The van der Waals surface area contributed by atoms with Crippen LogP contribution in [0.25, 0.3) is 0 Å². The van der Waals surface area contributed by atoms with Crippen LogP contribution in [-0.2, 0) is 5.60 Å². The first-order chi connectivity index (χ1) is 12.6. The maximum atomic E-state index is 13.1. The smallest absolute Gasteiger partial charge is 0.272 e. The summed E-state index contributed by atoms with van der Waals surface area (Å²) in [5.74, 6) is 0.0433. The summed E-state index contributed by atoms with van der Waals surface area (Å²) in [6.45, 7) is 0.555. The molecule has 2 aliphatic rings. The molecular weight excluding hydrogens is 392 g/mol. The number of hydrogen-bond acceptors (Lipinski definition) is 3. The van der Waals surface area contributed by atoms with E-state index in [1.165, 1.54) is 0 Å². The highest BCUT2D eigenvalue weighted by molar-refractivity contribution is 9.10. The molecule has 2 aromatic rings. The quantitative estimate of drug-likeness (QED) is 0.751. The van der Waals surface area contributed by atoms with Crippen molar-refractivity contribution in [2.75, 3.05) is 6.54 Å². The Bertz CT molecular complexity index is 798. The molecule has 1 unspecified atom stereocenters. The lowest BCUT2D eigenvalue weighted by Gasteiger charge is -2.52. The number of carbonyl (C=O) groups excluding carboxylic acids is 1. The summed E-state index contributed by atoms with van der Waals surface area (Å²) in [6.07, 6.45) is 4.67. The number of aromatic nitrogens is 1. The molecule has 1 aliphatic heterocycles. The lowest BCUT2D eigenvalue weighted by molar-refractivity contribution is -0.110. The second-order valence-electron chi connectivity index (χ2n) is 7.34. The molecule has 2 heterocycles. The number of aliphatic hydroxyl groups is 1. The molecule has 0 radical (unpaired) electrons. The van der Waals surface area contributed by atoms with Gasteiger partial charge in [-0.15, -0.1) is 0 Å². The van der Waals surface area contributed by atoms with Crippen molar-refractivity contribution in [3.8, 4) is 0 Å². The van der Waals surface area contributed by atoms with Gasteiger partial charge in [0.1, 0.15) is 10.3 Å². The first-order valence-corrected chi connectivity index (χ1v) is 10.1. The fourth-order valence-corrected chi connectivity index (χ4v) is 5.04. The lowest BCUT2D eigenvalue weighted by Crippen LogP contribution is -2.59. The number of pyridine rings is 1. The zero-order valence-electron chi connectivity index (χ0n) is 14.6. The molecule has 2 fully saturated rings. The molecule has 0 bridgehead atoms. The van der Waals surface area contributed by atoms with Gasteiger partial charge in [0.2, 0.25) is 0 Å². The zero-order chi connectivity index (χ0) is 18.1. The van der Waals surface area contributed by atoms with Crippen LogP contribution in [0, 0.1) is 5.92 Å². The van der Waals surface area contributed by atoms with E-state index in [2.05, 4.69) is 20.9 Å². The molecule has 1 N–H and O–H groups in total. The topological polar surface area (TPSA) is 53.4 Å². The number of halogens is 1. The van der Waals surface area contributed by atoms with Crippen LogP contribution < -0.4 is 0 Å². The summed E-state index contributed by atoms with van der Waals surface area (Å²) in [5, 5.41) is 11.6. The predicted octanol–water partition coefficient (Wildman–Crippen LogP) is 4.14. The molecule has 5 heteroatoms. The third kappa shape index (κ3) is 3.08. The van der Waals surface area contributed by atoms with Gasteiger partial charge in [-0.2, -0.15) is 0 Å². The molecular formula is C21H23BrN2O2. The molecule has 1 aliphatic carbocycles. The van der Waals surface area contributed by atoms with Crippen LogP contribution in [0.1, 0.15) is 48.2 Å². The van der Waals surface area contributed by atoms with Gasteiger partial charge in [0.25, 0.3) is 5.91 Å². The number of fused-ring (bicyclic) bond motifs is 1. The largest absolute Gasteiger partial charge is 0.385 e. The van der Waals surface area contributed by atoms with Crippen molar-refractivity contribution in [1.82, 2.24) is 9.88 Å². The van der Waals surface area contributed by atoms with Gasteiger partial charge in [-0.1, -0.05) is 49.2 Å². The third-order valence-electron chi connectivity index (χ3n) is 5.95. The van der Waals surface area contributed by atoms with Crippen LogP contribution >= 0.6 is 15.9 Å². The van der Waals surface area contributed by atoms with Gasteiger partial charge in [0.15, 0.2) is 0 Å². The zero-order valence-corrected chi connectivity index (χ0v) is 16.2. The Morgan fingerprint density at radius 2 is 1.88 bits per heavy atom. The van der Waals surface area contributed by atoms with Crippen LogP contribution in [0.5, 0.6) is 0 Å². The molecule has 1 amide bonds. The first kappa shape index (κ1) is 17.7. The fraction of sp³-hybridized carbons (Fsp3) is 0.429. The highest BCUT2D eigenvalue weighted by atomic mass is 79.9. The minimum atomic E-state index is -0.853. The van der Waals surface area contributed by atoms with E-state index in [4.69, 9.17) is 0 Å². The predicted molar refractivity (Wildman–Crippen MR) is 104 cm³/mol. The second-order valence-corrected chi connectivity index (χ2v) is 8.16. The molecule has 0 spiro atoms. The molecule has 4 nitrogen and oxygen atoms in total. The monoisotopic (exact) mass is 414 g/mol. The highest BCUT2D eigenvalue weighted by Gasteiger charge is 2.50. The van der Waals surface area contributed by atoms with Gasteiger partial charge in [-0.25, -0.2) is 4.98 Å². The van der Waals surface area contributed by atoms with Crippen LogP contribution in [-0.4, -0.2) is 33.5 Å². The Balaban J connectivity index is 1.66. The van der Waals surface area contributed by atoms with Crippen molar-refractivity contribution in [2.24, 2.45) is 5.92 Å². The second kappa shape index (κ2) is 7.12. The molecule has 1 aromatic carbocycles. The van der Waals surface area contributed by atoms with Crippen molar-refractivity contribution < 1.29 is 9.90 Å². The SMILES string of the molecule is O=C(c1cccc(Br)n1)N1CCC(O)(c2ccccc2)[C@H]2CCCC[C@H]21. The standard InChI is InChI=1S/C21H23BrN2O2/c22-19-12-6-10-17(23-19)20(25)24-14-13-21(26,15-7-2-1-3-8-15)16-9-4-5-11-18(16)24/h1-3,6-8,10,12,16,18,26H,4-5,9,11,13-14H2/t16-,18+,21?/m0/s1.